The van der Waals surface area contributed by atoms with Gasteiger partial charge in [0.15, 0.2) is 0 Å². The van der Waals surface area contributed by atoms with Gasteiger partial charge in [0.2, 0.25) is 0 Å². The van der Waals surface area contributed by atoms with E-state index in [-0.39, 0.29) is 6.04 Å². The summed E-state index contributed by atoms with van der Waals surface area (Å²) in [4.78, 5) is 4.46. The van der Waals surface area contributed by atoms with Crippen molar-refractivity contribution < 1.29 is 9.47 Å². The molecule has 3 N–H and O–H groups in total. The molecular formula is C13H17N3O2S. The largest absolute Gasteiger partial charge is 0.497 e. The van der Waals surface area contributed by atoms with Gasteiger partial charge >= 0.3 is 0 Å². The number of aromatic nitrogens is 1. The topological polar surface area (TPSA) is 69.4 Å². The summed E-state index contributed by atoms with van der Waals surface area (Å²) in [5.41, 5.74) is 4.62. The first kappa shape index (κ1) is 13.8. The molecule has 0 bridgehead atoms. The van der Waals surface area contributed by atoms with Crippen LogP contribution < -0.4 is 20.7 Å². The van der Waals surface area contributed by atoms with Gasteiger partial charge in [0.25, 0.3) is 0 Å². The Hall–Kier alpha value is -1.63. The normalized spacial score (nSPS) is 12.2. The van der Waals surface area contributed by atoms with E-state index in [0.717, 1.165) is 27.8 Å². The second kappa shape index (κ2) is 6.01. The summed E-state index contributed by atoms with van der Waals surface area (Å²) in [5.74, 6) is 7.11. The van der Waals surface area contributed by atoms with Gasteiger partial charge < -0.3 is 9.47 Å². The minimum absolute atomic E-state index is 0.186. The van der Waals surface area contributed by atoms with Crippen molar-refractivity contribution in [3.05, 3.63) is 39.8 Å². The molecule has 6 heteroatoms. The molecule has 0 amide bonds. The molecule has 102 valence electrons. The van der Waals surface area contributed by atoms with Crippen LogP contribution in [0.5, 0.6) is 11.5 Å². The predicted molar refractivity (Wildman–Crippen MR) is 75.6 cm³/mol. The van der Waals surface area contributed by atoms with Crippen molar-refractivity contribution in [2.75, 3.05) is 14.2 Å². The Morgan fingerprint density at radius 3 is 2.26 bits per heavy atom. The molecule has 0 fully saturated rings. The van der Waals surface area contributed by atoms with E-state index in [0.29, 0.717) is 0 Å². The molecule has 1 heterocycles. The fourth-order valence-corrected chi connectivity index (χ4v) is 2.50. The molecule has 1 aromatic carbocycles. The molecule has 0 saturated carbocycles. The van der Waals surface area contributed by atoms with Crippen LogP contribution in [-0.2, 0) is 0 Å². The zero-order chi connectivity index (χ0) is 13.8. The summed E-state index contributed by atoms with van der Waals surface area (Å²) in [5, 5.41) is 3.00. The van der Waals surface area contributed by atoms with E-state index in [2.05, 4.69) is 10.4 Å². The van der Waals surface area contributed by atoms with Crippen LogP contribution in [0.3, 0.4) is 0 Å². The number of hydrogen-bond acceptors (Lipinski definition) is 6. The summed E-state index contributed by atoms with van der Waals surface area (Å²) >= 11 is 1.59. The van der Waals surface area contributed by atoms with Crippen molar-refractivity contribution in [1.29, 1.82) is 0 Å². The van der Waals surface area contributed by atoms with Crippen molar-refractivity contribution in [1.82, 2.24) is 10.4 Å². The Balaban J connectivity index is 2.42. The van der Waals surface area contributed by atoms with Crippen LogP contribution >= 0.6 is 11.3 Å². The van der Waals surface area contributed by atoms with E-state index in [1.807, 2.05) is 30.5 Å². The van der Waals surface area contributed by atoms with E-state index in [9.17, 15) is 0 Å². The van der Waals surface area contributed by atoms with Gasteiger partial charge in [-0.05, 0) is 24.6 Å². The third-order valence-electron chi connectivity index (χ3n) is 2.81. The monoisotopic (exact) mass is 279 g/mol. The number of methoxy groups -OCH3 is 2. The molecule has 1 atom stereocenters. The predicted octanol–water partition coefficient (Wildman–Crippen LogP) is 2.02. The van der Waals surface area contributed by atoms with Crippen LogP contribution in [0.4, 0.5) is 0 Å². The van der Waals surface area contributed by atoms with Crippen LogP contribution in [0.2, 0.25) is 0 Å². The smallest absolute Gasteiger partial charge is 0.122 e. The molecule has 1 unspecified atom stereocenters. The van der Waals surface area contributed by atoms with Gasteiger partial charge in [-0.25, -0.2) is 10.4 Å². The van der Waals surface area contributed by atoms with Crippen molar-refractivity contribution >= 4 is 11.3 Å². The molecule has 0 radical (unpaired) electrons. The lowest BCUT2D eigenvalue weighted by atomic mass is 10.0. The maximum atomic E-state index is 5.66. The van der Waals surface area contributed by atoms with Crippen LogP contribution in [0.1, 0.15) is 22.3 Å². The molecule has 0 saturated heterocycles. The molecule has 1 aromatic heterocycles. The number of rotatable bonds is 5. The number of thiazole rings is 1. The summed E-state index contributed by atoms with van der Waals surface area (Å²) < 4.78 is 10.5. The lowest BCUT2D eigenvalue weighted by Crippen LogP contribution is -2.29. The minimum Gasteiger partial charge on any atom is -0.497 e. The van der Waals surface area contributed by atoms with Crippen LogP contribution in [0.15, 0.2) is 23.6 Å². The minimum atomic E-state index is -0.186. The van der Waals surface area contributed by atoms with Gasteiger partial charge in [0, 0.05) is 11.4 Å². The first-order chi connectivity index (χ1) is 9.17. The van der Waals surface area contributed by atoms with E-state index in [4.69, 9.17) is 15.3 Å². The maximum Gasteiger partial charge on any atom is 0.122 e. The quantitative estimate of drug-likeness (QED) is 0.647. The van der Waals surface area contributed by atoms with Crippen LogP contribution in [0.25, 0.3) is 0 Å². The number of hydrogen-bond donors (Lipinski definition) is 2. The molecule has 0 aliphatic rings. The first-order valence-corrected chi connectivity index (χ1v) is 6.67. The first-order valence-electron chi connectivity index (χ1n) is 5.79. The molecule has 0 aliphatic carbocycles. The number of hydrazine groups is 1. The second-order valence-corrected chi connectivity index (χ2v) is 5.10. The Labute approximate surface area is 116 Å². The molecular weight excluding hydrogens is 262 g/mol. The van der Waals surface area contributed by atoms with Crippen molar-refractivity contribution in [3.8, 4) is 11.5 Å². The summed E-state index contributed by atoms with van der Waals surface area (Å²) in [6, 6.07) is 5.47. The van der Waals surface area contributed by atoms with Crippen molar-refractivity contribution in [3.63, 3.8) is 0 Å². The summed E-state index contributed by atoms with van der Waals surface area (Å²) in [6.45, 7) is 1.97. The van der Waals surface area contributed by atoms with Gasteiger partial charge in [0.1, 0.15) is 11.5 Å². The van der Waals surface area contributed by atoms with Crippen LogP contribution in [0, 0.1) is 6.92 Å². The number of ether oxygens (including phenoxy) is 2. The van der Waals surface area contributed by atoms with Gasteiger partial charge in [-0.15, -0.1) is 11.3 Å². The standard InChI is InChI=1S/C13H17N3O2S/c1-8-15-12(7-19-8)13(16-14)9-4-10(17-2)6-11(5-9)18-3/h4-7,13,16H,14H2,1-3H3. The Kier molecular flexibility index (Phi) is 4.36. The zero-order valence-corrected chi connectivity index (χ0v) is 12.0. The van der Waals surface area contributed by atoms with Crippen molar-refractivity contribution in [2.45, 2.75) is 13.0 Å². The third kappa shape index (κ3) is 3.04. The zero-order valence-electron chi connectivity index (χ0n) is 11.1. The van der Waals surface area contributed by atoms with Gasteiger partial charge in [-0.3, -0.25) is 5.84 Å². The fraction of sp³-hybridized carbons (Fsp3) is 0.308. The highest BCUT2D eigenvalue weighted by molar-refractivity contribution is 7.09. The molecule has 5 nitrogen and oxygen atoms in total. The average Bonchev–Trinajstić information content (AvgIpc) is 2.85. The molecule has 19 heavy (non-hydrogen) atoms. The highest BCUT2D eigenvalue weighted by atomic mass is 32.1. The Bertz CT molecular complexity index is 534. The van der Waals surface area contributed by atoms with E-state index < -0.39 is 0 Å². The second-order valence-electron chi connectivity index (χ2n) is 4.04. The Morgan fingerprint density at radius 1 is 1.21 bits per heavy atom. The molecule has 0 spiro atoms. The average molecular weight is 279 g/mol. The number of aryl methyl sites for hydroxylation is 1. The Morgan fingerprint density at radius 2 is 1.84 bits per heavy atom. The van der Waals surface area contributed by atoms with E-state index in [1.54, 1.807) is 25.6 Å². The fourth-order valence-electron chi connectivity index (χ4n) is 1.86. The van der Waals surface area contributed by atoms with Gasteiger partial charge in [0.05, 0.1) is 31.0 Å². The highest BCUT2D eigenvalue weighted by Gasteiger charge is 2.17. The van der Waals surface area contributed by atoms with Crippen LogP contribution in [-0.4, -0.2) is 19.2 Å². The summed E-state index contributed by atoms with van der Waals surface area (Å²) in [7, 11) is 3.24. The maximum absolute atomic E-state index is 5.66. The summed E-state index contributed by atoms with van der Waals surface area (Å²) in [6.07, 6.45) is 0. The number of nitrogens with zero attached hydrogens (tertiary/aromatic N) is 1. The SMILES string of the molecule is COc1cc(OC)cc(C(NN)c2csc(C)n2)c1. The lowest BCUT2D eigenvalue weighted by molar-refractivity contribution is 0.392. The lowest BCUT2D eigenvalue weighted by Gasteiger charge is -2.16. The van der Waals surface area contributed by atoms with E-state index >= 15 is 0 Å². The van der Waals surface area contributed by atoms with Gasteiger partial charge in [-0.2, -0.15) is 0 Å². The number of benzene rings is 1. The number of nitrogens with one attached hydrogen (secondary N) is 1. The van der Waals surface area contributed by atoms with Gasteiger partial charge in [-0.1, -0.05) is 0 Å². The number of nitrogens with two attached hydrogens (primary N) is 1. The van der Waals surface area contributed by atoms with E-state index in [1.165, 1.54) is 0 Å². The highest BCUT2D eigenvalue weighted by Crippen LogP contribution is 2.29. The third-order valence-corrected chi connectivity index (χ3v) is 3.60. The van der Waals surface area contributed by atoms with Crippen molar-refractivity contribution in [2.24, 2.45) is 5.84 Å². The molecule has 2 aromatic rings. The molecule has 0 aliphatic heterocycles. The molecule has 2 rings (SSSR count).